The van der Waals surface area contributed by atoms with Gasteiger partial charge >= 0.3 is 5.97 Å². The Bertz CT molecular complexity index is 1160. The van der Waals surface area contributed by atoms with Gasteiger partial charge in [0, 0.05) is 40.6 Å². The van der Waals surface area contributed by atoms with Crippen LogP contribution in [0.15, 0.2) is 48.5 Å². The first kappa shape index (κ1) is 28.9. The Morgan fingerprint density at radius 1 is 1.11 bits per heavy atom. The van der Waals surface area contributed by atoms with E-state index in [1.807, 2.05) is 53.4 Å². The first-order chi connectivity index (χ1) is 17.9. The summed E-state index contributed by atoms with van der Waals surface area (Å²) in [6.45, 7) is 11.0. The Balaban J connectivity index is 1.86. The van der Waals surface area contributed by atoms with Crippen LogP contribution in [0.3, 0.4) is 0 Å². The topological polar surface area (TPSA) is 70.1 Å². The van der Waals surface area contributed by atoms with E-state index in [-0.39, 0.29) is 35.9 Å². The van der Waals surface area contributed by atoms with Gasteiger partial charge in [-0.05, 0) is 62.1 Å². The second-order valence-electron chi connectivity index (χ2n) is 11.6. The lowest BCUT2D eigenvalue weighted by molar-refractivity contribution is -0.162. The minimum absolute atomic E-state index is 0.115. The van der Waals surface area contributed by atoms with Gasteiger partial charge in [-0.25, -0.2) is 0 Å². The molecule has 4 atom stereocenters. The maximum atomic E-state index is 14.4. The third kappa shape index (κ3) is 6.04. The zero-order chi connectivity index (χ0) is 27.7. The van der Waals surface area contributed by atoms with E-state index in [9.17, 15) is 14.7 Å². The molecule has 0 unspecified atom stereocenters. The number of hydrogen-bond acceptors (Lipinski definition) is 4. The molecule has 1 N–H and O–H groups in total. The molecule has 1 amide bonds. The van der Waals surface area contributed by atoms with Crippen LogP contribution in [0.4, 0.5) is 0 Å². The molecule has 0 radical (unpaired) electrons. The van der Waals surface area contributed by atoms with Gasteiger partial charge in [0.2, 0.25) is 5.91 Å². The van der Waals surface area contributed by atoms with Crippen molar-refractivity contribution in [2.75, 3.05) is 26.3 Å². The number of carboxylic acids is 1. The number of carbonyl (C=O) groups is 2. The highest BCUT2D eigenvalue weighted by molar-refractivity contribution is 6.30. The maximum absolute atomic E-state index is 14.4. The number of ether oxygens (including phenoxy) is 1. The van der Waals surface area contributed by atoms with Gasteiger partial charge in [-0.2, -0.15) is 0 Å². The summed E-state index contributed by atoms with van der Waals surface area (Å²) < 4.78 is 5.75. The van der Waals surface area contributed by atoms with E-state index in [1.54, 1.807) is 6.92 Å². The van der Waals surface area contributed by atoms with Crippen LogP contribution in [0.1, 0.15) is 70.0 Å². The molecule has 2 aliphatic heterocycles. The van der Waals surface area contributed by atoms with Gasteiger partial charge in [-0.15, -0.1) is 0 Å². The van der Waals surface area contributed by atoms with Crippen molar-refractivity contribution in [1.82, 2.24) is 9.80 Å². The van der Waals surface area contributed by atoms with Crippen LogP contribution in [-0.2, 0) is 14.3 Å². The minimum atomic E-state index is -1.06. The third-order valence-corrected chi connectivity index (χ3v) is 8.73. The number of rotatable bonds is 8. The Labute approximate surface area is 235 Å². The van der Waals surface area contributed by atoms with Crippen molar-refractivity contribution >= 4 is 35.1 Å². The van der Waals surface area contributed by atoms with E-state index in [2.05, 4.69) is 25.7 Å². The van der Waals surface area contributed by atoms with Gasteiger partial charge in [0.1, 0.15) is 0 Å². The number of amides is 1. The number of likely N-dealkylation sites (tertiary alicyclic amines) is 1. The highest BCUT2D eigenvalue weighted by Crippen LogP contribution is 2.52. The van der Waals surface area contributed by atoms with Crippen molar-refractivity contribution in [3.63, 3.8) is 0 Å². The number of benzene rings is 2. The predicted octanol–water partition coefficient (Wildman–Crippen LogP) is 6.42. The van der Waals surface area contributed by atoms with Gasteiger partial charge in [0.05, 0.1) is 31.1 Å². The summed E-state index contributed by atoms with van der Waals surface area (Å²) in [7, 11) is 0. The normalized spacial score (nSPS) is 26.8. The lowest BCUT2D eigenvalue weighted by Gasteiger charge is -2.53. The second-order valence-corrected chi connectivity index (χ2v) is 12.5. The average molecular weight is 562 g/mol. The highest BCUT2D eigenvalue weighted by Gasteiger charge is 2.52. The summed E-state index contributed by atoms with van der Waals surface area (Å²) in [5.74, 6) is -1.24. The molecule has 2 heterocycles. The molecule has 0 aromatic heterocycles. The van der Waals surface area contributed by atoms with Gasteiger partial charge < -0.3 is 14.7 Å². The molecular formula is C30H38Cl2N2O4. The highest BCUT2D eigenvalue weighted by atomic mass is 35.5. The number of hydrogen-bond donors (Lipinski definition) is 1. The lowest BCUT2D eigenvalue weighted by atomic mass is 9.67. The average Bonchev–Trinajstić information content (AvgIpc) is 2.85. The molecule has 2 fully saturated rings. The van der Waals surface area contributed by atoms with Crippen LogP contribution in [0.25, 0.3) is 0 Å². The van der Waals surface area contributed by atoms with Crippen molar-refractivity contribution in [3.05, 3.63) is 69.7 Å². The standard InChI is InChI=1S/C30H38Cl2N2O4/c1-5-24(18-33-13-14-38-19-29(33,2)3)34-27(20-9-11-22(31)12-10-20)25(21-7-6-8-23(32)15-21)16-30(4,28(34)37)17-26(35)36/h6-12,15,24-25,27H,5,13-14,16-19H2,1-4H3,(H,35,36)/t24-,25+,27+,30+/m0/s1. The zero-order valence-electron chi connectivity index (χ0n) is 22.6. The molecule has 0 aliphatic carbocycles. The molecular weight excluding hydrogens is 523 g/mol. The van der Waals surface area contributed by atoms with Gasteiger partial charge in [-0.3, -0.25) is 14.5 Å². The van der Waals surface area contributed by atoms with Gasteiger partial charge in [0.25, 0.3) is 0 Å². The van der Waals surface area contributed by atoms with Crippen LogP contribution in [0.5, 0.6) is 0 Å². The minimum Gasteiger partial charge on any atom is -0.481 e. The summed E-state index contributed by atoms with van der Waals surface area (Å²) in [5.41, 5.74) is 0.741. The summed E-state index contributed by atoms with van der Waals surface area (Å²) in [4.78, 5) is 30.9. The number of carbonyl (C=O) groups excluding carboxylic acids is 1. The summed E-state index contributed by atoms with van der Waals surface area (Å²) in [5, 5.41) is 11.1. The van der Waals surface area contributed by atoms with Gasteiger partial charge in [0.15, 0.2) is 0 Å². The molecule has 0 bridgehead atoms. The number of aliphatic carboxylic acids is 1. The quantitative estimate of drug-likeness (QED) is 0.403. The van der Waals surface area contributed by atoms with E-state index >= 15 is 0 Å². The number of carboxylic acid groups (broad SMARTS) is 1. The van der Waals surface area contributed by atoms with Crippen molar-refractivity contribution in [1.29, 1.82) is 0 Å². The van der Waals surface area contributed by atoms with Crippen molar-refractivity contribution in [2.24, 2.45) is 5.41 Å². The molecule has 2 aromatic carbocycles. The molecule has 38 heavy (non-hydrogen) atoms. The van der Waals surface area contributed by atoms with Crippen molar-refractivity contribution < 1.29 is 19.4 Å². The van der Waals surface area contributed by atoms with Crippen LogP contribution < -0.4 is 0 Å². The fourth-order valence-corrected chi connectivity index (χ4v) is 6.50. The van der Waals surface area contributed by atoms with E-state index in [4.69, 9.17) is 27.9 Å². The van der Waals surface area contributed by atoms with E-state index in [0.717, 1.165) is 24.1 Å². The largest absolute Gasteiger partial charge is 0.481 e. The van der Waals surface area contributed by atoms with E-state index in [1.165, 1.54) is 0 Å². The zero-order valence-corrected chi connectivity index (χ0v) is 24.1. The van der Waals surface area contributed by atoms with Crippen LogP contribution in [-0.4, -0.2) is 64.7 Å². The van der Waals surface area contributed by atoms with Crippen LogP contribution in [0.2, 0.25) is 10.0 Å². The molecule has 2 aromatic rings. The molecule has 206 valence electrons. The fourth-order valence-electron chi connectivity index (χ4n) is 6.18. The maximum Gasteiger partial charge on any atom is 0.304 e. The fraction of sp³-hybridized carbons (Fsp3) is 0.533. The molecule has 8 heteroatoms. The van der Waals surface area contributed by atoms with Crippen molar-refractivity contribution in [3.8, 4) is 0 Å². The molecule has 2 aliphatic rings. The summed E-state index contributed by atoms with van der Waals surface area (Å²) in [6.07, 6.45) is 0.905. The van der Waals surface area contributed by atoms with Gasteiger partial charge in [-0.1, -0.05) is 61.3 Å². The Morgan fingerprint density at radius 2 is 1.82 bits per heavy atom. The molecule has 4 rings (SSSR count). The molecule has 0 saturated carbocycles. The first-order valence-corrected chi connectivity index (χ1v) is 14.1. The Kier molecular flexibility index (Phi) is 8.78. The molecule has 2 saturated heterocycles. The third-order valence-electron chi connectivity index (χ3n) is 8.24. The number of piperidine rings is 1. The SMILES string of the molecule is CC[C@@H](CN1CCOCC1(C)C)N1C(=O)[C@@](C)(CC(=O)O)C[C@H](c2cccc(Cl)c2)[C@H]1c1ccc(Cl)cc1. The number of halogens is 2. The molecule has 6 nitrogen and oxygen atoms in total. The Hall–Kier alpha value is -2.12. The van der Waals surface area contributed by atoms with Crippen LogP contribution >= 0.6 is 23.2 Å². The predicted molar refractivity (Wildman–Crippen MR) is 151 cm³/mol. The van der Waals surface area contributed by atoms with Crippen LogP contribution in [0, 0.1) is 5.41 Å². The van der Waals surface area contributed by atoms with E-state index in [0.29, 0.717) is 36.2 Å². The lowest BCUT2D eigenvalue weighted by Crippen LogP contribution is -2.61. The number of nitrogens with zero attached hydrogens (tertiary/aromatic N) is 2. The van der Waals surface area contributed by atoms with Crippen molar-refractivity contribution in [2.45, 2.75) is 70.5 Å². The summed E-state index contributed by atoms with van der Waals surface area (Å²) >= 11 is 12.7. The monoisotopic (exact) mass is 560 g/mol. The first-order valence-electron chi connectivity index (χ1n) is 13.3. The summed E-state index contributed by atoms with van der Waals surface area (Å²) in [6, 6.07) is 15.0. The van der Waals surface area contributed by atoms with E-state index < -0.39 is 11.4 Å². The Morgan fingerprint density at radius 3 is 2.42 bits per heavy atom. The smallest absolute Gasteiger partial charge is 0.304 e. The number of morpholine rings is 1. The second kappa shape index (κ2) is 11.5. The molecule has 0 spiro atoms.